The third-order valence-corrected chi connectivity index (χ3v) is 5.26. The highest BCUT2D eigenvalue weighted by molar-refractivity contribution is 5.53. The smallest absolute Gasteiger partial charge is 0.0116 e. The molecule has 1 unspecified atom stereocenters. The van der Waals surface area contributed by atoms with E-state index in [0.29, 0.717) is 6.04 Å². The molecule has 0 amide bonds. The summed E-state index contributed by atoms with van der Waals surface area (Å²) in [4.78, 5) is 0. The van der Waals surface area contributed by atoms with Crippen molar-refractivity contribution in [2.45, 2.75) is 69.9 Å². The van der Waals surface area contributed by atoms with Crippen LogP contribution in [-0.4, -0.2) is 31.9 Å². The summed E-state index contributed by atoms with van der Waals surface area (Å²) < 4.78 is 0. The van der Waals surface area contributed by atoms with Crippen LogP contribution < -0.4 is 10.6 Å². The van der Waals surface area contributed by atoms with Crippen molar-refractivity contribution in [3.63, 3.8) is 0 Å². The monoisotopic (exact) mass is 265 g/mol. The lowest BCUT2D eigenvalue weighted by molar-refractivity contribution is 0.244. The molecule has 3 heteroatoms. The molecule has 2 rings (SSSR count). The van der Waals surface area contributed by atoms with Gasteiger partial charge in [-0.05, 0) is 83.0 Å². The van der Waals surface area contributed by atoms with E-state index in [2.05, 4.69) is 17.7 Å². The Hall–Kier alpha value is -0.410. The molecule has 110 valence electrons. The molecule has 2 fully saturated rings. The first kappa shape index (κ1) is 15.0. The Morgan fingerprint density at radius 2 is 1.74 bits per heavy atom. The molecule has 0 aromatic heterocycles. The van der Waals surface area contributed by atoms with Crippen LogP contribution in [0.5, 0.6) is 0 Å². The minimum absolute atomic E-state index is 0.583. The van der Waals surface area contributed by atoms with E-state index in [9.17, 15) is 0 Å². The highest BCUT2D eigenvalue weighted by Crippen LogP contribution is 2.30. The van der Waals surface area contributed by atoms with Crippen molar-refractivity contribution in [1.29, 1.82) is 5.41 Å². The van der Waals surface area contributed by atoms with E-state index in [-0.39, 0.29) is 0 Å². The number of rotatable bonds is 6. The van der Waals surface area contributed by atoms with Crippen LogP contribution in [-0.2, 0) is 0 Å². The SMILES string of the molecule is CNC1CCC(CC[C@@H]2CCC(CC=N)NC2)CC1. The molecule has 3 nitrogen and oxygen atoms in total. The lowest BCUT2D eigenvalue weighted by Gasteiger charge is -2.32. The maximum absolute atomic E-state index is 7.17. The fraction of sp³-hybridized carbons (Fsp3) is 0.938. The van der Waals surface area contributed by atoms with Crippen molar-refractivity contribution in [3.8, 4) is 0 Å². The number of hydrogen-bond donors (Lipinski definition) is 3. The summed E-state index contributed by atoms with van der Waals surface area (Å²) in [7, 11) is 2.10. The van der Waals surface area contributed by atoms with Gasteiger partial charge in [0.25, 0.3) is 0 Å². The van der Waals surface area contributed by atoms with E-state index in [4.69, 9.17) is 5.41 Å². The average molecular weight is 265 g/mol. The van der Waals surface area contributed by atoms with E-state index in [0.717, 1.165) is 24.3 Å². The molecule has 1 saturated heterocycles. The fourth-order valence-electron chi connectivity index (χ4n) is 3.78. The van der Waals surface area contributed by atoms with Crippen molar-refractivity contribution < 1.29 is 0 Å². The third-order valence-electron chi connectivity index (χ3n) is 5.26. The Labute approximate surface area is 118 Å². The van der Waals surface area contributed by atoms with Gasteiger partial charge in [-0.1, -0.05) is 6.42 Å². The molecule has 3 N–H and O–H groups in total. The van der Waals surface area contributed by atoms with Gasteiger partial charge in [0.15, 0.2) is 0 Å². The topological polar surface area (TPSA) is 47.9 Å². The Morgan fingerprint density at radius 1 is 1.05 bits per heavy atom. The van der Waals surface area contributed by atoms with Gasteiger partial charge in [0.05, 0.1) is 0 Å². The van der Waals surface area contributed by atoms with Crippen LogP contribution in [0, 0.1) is 17.2 Å². The van der Waals surface area contributed by atoms with Gasteiger partial charge in [0.1, 0.15) is 0 Å². The first-order valence-corrected chi connectivity index (χ1v) is 8.21. The van der Waals surface area contributed by atoms with Gasteiger partial charge >= 0.3 is 0 Å². The van der Waals surface area contributed by atoms with E-state index in [1.54, 1.807) is 6.21 Å². The zero-order valence-corrected chi connectivity index (χ0v) is 12.5. The summed E-state index contributed by atoms with van der Waals surface area (Å²) in [5, 5.41) is 14.2. The molecule has 19 heavy (non-hydrogen) atoms. The van der Waals surface area contributed by atoms with Gasteiger partial charge in [-0.3, -0.25) is 0 Å². The molecule has 1 aliphatic heterocycles. The van der Waals surface area contributed by atoms with Gasteiger partial charge in [-0.25, -0.2) is 0 Å². The van der Waals surface area contributed by atoms with Gasteiger partial charge in [-0.15, -0.1) is 0 Å². The van der Waals surface area contributed by atoms with Crippen LogP contribution in [0.1, 0.15) is 57.8 Å². The molecular weight excluding hydrogens is 234 g/mol. The zero-order valence-electron chi connectivity index (χ0n) is 12.5. The first-order valence-electron chi connectivity index (χ1n) is 8.21. The van der Waals surface area contributed by atoms with Crippen molar-refractivity contribution in [2.24, 2.45) is 11.8 Å². The second-order valence-corrected chi connectivity index (χ2v) is 6.57. The second-order valence-electron chi connectivity index (χ2n) is 6.57. The van der Waals surface area contributed by atoms with Gasteiger partial charge in [-0.2, -0.15) is 0 Å². The molecule has 0 spiro atoms. The predicted molar refractivity (Wildman–Crippen MR) is 82.0 cm³/mol. The quantitative estimate of drug-likeness (QED) is 0.647. The largest absolute Gasteiger partial charge is 0.317 e. The average Bonchev–Trinajstić information content (AvgIpc) is 2.47. The normalized spacial score (nSPS) is 36.1. The summed E-state index contributed by atoms with van der Waals surface area (Å²) >= 11 is 0. The van der Waals surface area contributed by atoms with E-state index < -0.39 is 0 Å². The van der Waals surface area contributed by atoms with E-state index >= 15 is 0 Å². The Bertz CT molecular complexity index is 251. The maximum Gasteiger partial charge on any atom is 0.0116 e. The molecule has 2 atom stereocenters. The van der Waals surface area contributed by atoms with Crippen LogP contribution in [0.4, 0.5) is 0 Å². The van der Waals surface area contributed by atoms with Crippen molar-refractivity contribution in [1.82, 2.24) is 10.6 Å². The molecule has 0 radical (unpaired) electrons. The lowest BCUT2D eigenvalue weighted by Crippen LogP contribution is -2.39. The fourth-order valence-corrected chi connectivity index (χ4v) is 3.78. The summed E-state index contributed by atoms with van der Waals surface area (Å²) in [6, 6.07) is 1.37. The van der Waals surface area contributed by atoms with Crippen molar-refractivity contribution in [2.75, 3.05) is 13.6 Å². The first-order chi connectivity index (χ1) is 9.31. The maximum atomic E-state index is 7.17. The van der Waals surface area contributed by atoms with Gasteiger partial charge < -0.3 is 16.0 Å². The number of piperidine rings is 1. The lowest BCUT2D eigenvalue weighted by atomic mass is 9.80. The third kappa shape index (κ3) is 4.88. The molecular formula is C16H31N3. The molecule has 1 saturated carbocycles. The Balaban J connectivity index is 1.58. The minimum atomic E-state index is 0.583. The van der Waals surface area contributed by atoms with Crippen molar-refractivity contribution >= 4 is 6.21 Å². The van der Waals surface area contributed by atoms with Crippen LogP contribution in [0.2, 0.25) is 0 Å². The van der Waals surface area contributed by atoms with Crippen LogP contribution in [0.3, 0.4) is 0 Å². The number of nitrogens with one attached hydrogen (secondary N) is 3. The van der Waals surface area contributed by atoms with Crippen LogP contribution >= 0.6 is 0 Å². The summed E-state index contributed by atoms with van der Waals surface area (Å²) in [5.41, 5.74) is 0. The molecule has 0 bridgehead atoms. The van der Waals surface area contributed by atoms with Gasteiger partial charge in [0.2, 0.25) is 0 Å². The number of hydrogen-bond acceptors (Lipinski definition) is 3. The Morgan fingerprint density at radius 3 is 2.32 bits per heavy atom. The summed E-state index contributed by atoms with van der Waals surface area (Å²) in [6.45, 7) is 1.18. The molecule has 2 aliphatic rings. The second kappa shape index (κ2) is 8.01. The molecule has 0 aromatic carbocycles. The zero-order chi connectivity index (χ0) is 13.5. The van der Waals surface area contributed by atoms with Crippen LogP contribution in [0.15, 0.2) is 0 Å². The molecule has 0 aromatic rings. The standard InChI is InChI=1S/C16H31N3/c1-18-15-7-4-13(5-8-15)2-3-14-6-9-16(10-11-17)19-12-14/h11,13-19H,2-10,12H2,1H3/t13?,14-,15?,16?/m1/s1. The highest BCUT2D eigenvalue weighted by atomic mass is 14.9. The minimum Gasteiger partial charge on any atom is -0.317 e. The van der Waals surface area contributed by atoms with Crippen molar-refractivity contribution in [3.05, 3.63) is 0 Å². The van der Waals surface area contributed by atoms with Gasteiger partial charge in [0, 0.05) is 12.1 Å². The molecule has 1 aliphatic carbocycles. The van der Waals surface area contributed by atoms with Crippen LogP contribution in [0.25, 0.3) is 0 Å². The molecule has 1 heterocycles. The highest BCUT2D eigenvalue weighted by Gasteiger charge is 2.23. The summed E-state index contributed by atoms with van der Waals surface area (Å²) in [5.74, 6) is 1.88. The summed E-state index contributed by atoms with van der Waals surface area (Å²) in [6.07, 6.45) is 13.6. The predicted octanol–water partition coefficient (Wildman–Crippen LogP) is 2.95. The van der Waals surface area contributed by atoms with E-state index in [1.807, 2.05) is 0 Å². The Kier molecular flexibility index (Phi) is 6.32. The van der Waals surface area contributed by atoms with E-state index in [1.165, 1.54) is 57.9 Å².